The molecular formula is C35H48FN6O8P. The summed E-state index contributed by atoms with van der Waals surface area (Å²) in [6, 6.07) is 6.77. The lowest BCUT2D eigenvalue weighted by Crippen LogP contribution is -2.46. The number of allylic oxidation sites excluding steroid dienone is 1. The van der Waals surface area contributed by atoms with E-state index < -0.39 is 43.6 Å². The monoisotopic (exact) mass is 730 g/mol. The van der Waals surface area contributed by atoms with Crippen LogP contribution in [0.15, 0.2) is 49.0 Å². The van der Waals surface area contributed by atoms with Crippen molar-refractivity contribution < 1.29 is 41.8 Å². The van der Waals surface area contributed by atoms with Crippen molar-refractivity contribution >= 4 is 36.6 Å². The molecule has 2 aromatic heterocycles. The molecule has 2 fully saturated rings. The fraction of sp³-hybridized carbons (Fsp3) is 0.571. The molecule has 1 saturated carbocycles. The van der Waals surface area contributed by atoms with E-state index in [9.17, 15) is 18.5 Å². The van der Waals surface area contributed by atoms with Crippen LogP contribution < -0.4 is 14.9 Å². The van der Waals surface area contributed by atoms with Crippen LogP contribution in [0.25, 0.3) is 11.2 Å². The first-order valence-electron chi connectivity index (χ1n) is 17.4. The summed E-state index contributed by atoms with van der Waals surface area (Å²) in [5.74, 6) is -0.762. The first-order valence-corrected chi connectivity index (χ1v) is 18.9. The molecule has 0 radical (unpaired) electrons. The summed E-state index contributed by atoms with van der Waals surface area (Å²) >= 11 is 0. The van der Waals surface area contributed by atoms with Gasteiger partial charge in [0.05, 0.1) is 31.3 Å². The van der Waals surface area contributed by atoms with Crippen molar-refractivity contribution in [3.63, 3.8) is 0 Å². The number of nitrogens with one attached hydrogen (secondary N) is 2. The van der Waals surface area contributed by atoms with Crippen molar-refractivity contribution in [2.45, 2.75) is 104 Å². The Morgan fingerprint density at radius 2 is 1.78 bits per heavy atom. The second kappa shape index (κ2) is 16.2. The number of aromatic nitrogens is 4. The summed E-state index contributed by atoms with van der Waals surface area (Å²) in [5.41, 5.74) is -1.01. The molecule has 1 unspecified atom stereocenters. The van der Waals surface area contributed by atoms with Gasteiger partial charge in [-0.15, -0.1) is 0 Å². The number of esters is 1. The highest BCUT2D eigenvalue weighted by molar-refractivity contribution is 7.52. The minimum absolute atomic E-state index is 0.0298. The second-order valence-electron chi connectivity index (χ2n) is 13.9. The number of fused-ring (bicyclic) bond motifs is 1. The zero-order valence-corrected chi connectivity index (χ0v) is 30.9. The predicted molar refractivity (Wildman–Crippen MR) is 187 cm³/mol. The Balaban J connectivity index is 1.42. The zero-order chi connectivity index (χ0) is 36.9. The molecule has 0 bridgehead atoms. The molecule has 5 atom stereocenters. The smallest absolute Gasteiger partial charge is 0.459 e. The number of hydrogen-bond donors (Lipinski definition) is 2. The van der Waals surface area contributed by atoms with Crippen LogP contribution in [-0.4, -0.2) is 68.5 Å². The van der Waals surface area contributed by atoms with Gasteiger partial charge in [0, 0.05) is 11.8 Å². The molecule has 5 rings (SSSR count). The molecule has 2 N–H and O–H groups in total. The van der Waals surface area contributed by atoms with E-state index in [4.69, 9.17) is 23.3 Å². The van der Waals surface area contributed by atoms with Gasteiger partial charge in [-0.3, -0.25) is 14.1 Å². The molecule has 1 aliphatic carbocycles. The quantitative estimate of drug-likeness (QED) is 0.0756. The van der Waals surface area contributed by atoms with Gasteiger partial charge >= 0.3 is 19.8 Å². The molecule has 278 valence electrons. The molecule has 14 nitrogen and oxygen atoms in total. The highest BCUT2D eigenvalue weighted by atomic mass is 31.2. The van der Waals surface area contributed by atoms with Gasteiger partial charge in [-0.05, 0) is 51.7 Å². The maximum atomic E-state index is 14.8. The van der Waals surface area contributed by atoms with Gasteiger partial charge in [-0.25, -0.2) is 9.55 Å². The van der Waals surface area contributed by atoms with Crippen LogP contribution in [0, 0.1) is 17.9 Å². The van der Waals surface area contributed by atoms with Crippen molar-refractivity contribution in [2.75, 3.05) is 18.5 Å². The minimum atomic E-state index is -4.27. The van der Waals surface area contributed by atoms with Crippen molar-refractivity contribution in [1.29, 1.82) is 0 Å². The standard InChI is InChI=1S/C35H48FN6O8P/c1-21(2)24(6)48-29-27(42-20-37-28-30(38-32(43)22(3)4)39-34(36)40-31(28)42)18-46-35(29,7)19-47-51(45,50-26-16-12-9-13-17-26)41-23(5)33(44)49-25-14-10-8-11-15-25/h9,12-13,16-17,20-23,25,27,29H,6,8,10-11,14-15,18-19H2,1-5,7H3,(H,41,45)(H,38,39,40,43)/t23-,27?,29-,35+,51-/m0/s1. The number of benzene rings is 1. The van der Waals surface area contributed by atoms with Gasteiger partial charge in [0.15, 0.2) is 23.1 Å². The number of nitrogens with zero attached hydrogens (tertiary/aromatic N) is 4. The Morgan fingerprint density at radius 3 is 2.45 bits per heavy atom. The maximum absolute atomic E-state index is 14.8. The molecule has 3 aromatic rings. The summed E-state index contributed by atoms with van der Waals surface area (Å²) in [7, 11) is -4.27. The van der Waals surface area contributed by atoms with Crippen LogP contribution in [0.3, 0.4) is 0 Å². The second-order valence-corrected chi connectivity index (χ2v) is 15.6. The van der Waals surface area contributed by atoms with Gasteiger partial charge in [0.25, 0.3) is 0 Å². The first-order chi connectivity index (χ1) is 24.2. The fourth-order valence-corrected chi connectivity index (χ4v) is 7.43. The number of amides is 1. The largest absolute Gasteiger partial charge is 0.490 e. The third kappa shape index (κ3) is 9.31. The van der Waals surface area contributed by atoms with Crippen LogP contribution in [0.2, 0.25) is 0 Å². The fourth-order valence-electron chi connectivity index (χ4n) is 5.85. The molecule has 16 heteroatoms. The van der Waals surface area contributed by atoms with Crippen LogP contribution in [0.4, 0.5) is 10.2 Å². The molecule has 1 amide bonds. The van der Waals surface area contributed by atoms with E-state index in [-0.39, 0.29) is 59.8 Å². The van der Waals surface area contributed by atoms with Gasteiger partial charge in [-0.1, -0.05) is 58.9 Å². The summed E-state index contributed by atoms with van der Waals surface area (Å²) in [5, 5.41) is 5.38. The van der Waals surface area contributed by atoms with E-state index in [0.717, 1.165) is 32.1 Å². The van der Waals surface area contributed by atoms with Crippen molar-refractivity contribution in [1.82, 2.24) is 24.6 Å². The predicted octanol–water partition coefficient (Wildman–Crippen LogP) is 6.50. The summed E-state index contributed by atoms with van der Waals surface area (Å²) in [6.07, 6.45) is 3.98. The maximum Gasteiger partial charge on any atom is 0.459 e. The number of halogens is 1. The Bertz CT molecular complexity index is 1750. The van der Waals surface area contributed by atoms with Gasteiger partial charge in [0.2, 0.25) is 5.91 Å². The molecule has 51 heavy (non-hydrogen) atoms. The van der Waals surface area contributed by atoms with Crippen molar-refractivity contribution in [2.24, 2.45) is 11.8 Å². The summed E-state index contributed by atoms with van der Waals surface area (Å²) < 4.78 is 61.3. The van der Waals surface area contributed by atoms with E-state index >= 15 is 0 Å². The number of para-hydroxylation sites is 1. The van der Waals surface area contributed by atoms with E-state index in [1.807, 2.05) is 13.8 Å². The van der Waals surface area contributed by atoms with Crippen LogP contribution in [-0.2, 0) is 32.9 Å². The van der Waals surface area contributed by atoms with Crippen LogP contribution in [0.1, 0.15) is 79.7 Å². The Hall–Kier alpha value is -3.91. The molecular weight excluding hydrogens is 682 g/mol. The van der Waals surface area contributed by atoms with E-state index in [0.29, 0.717) is 5.76 Å². The summed E-state index contributed by atoms with van der Waals surface area (Å²) in [4.78, 5) is 37.7. The molecule has 1 saturated heterocycles. The lowest BCUT2D eigenvalue weighted by molar-refractivity contribution is -0.152. The third-order valence-corrected chi connectivity index (χ3v) is 10.6. The van der Waals surface area contributed by atoms with Crippen molar-refractivity contribution in [3.05, 3.63) is 55.1 Å². The van der Waals surface area contributed by atoms with Gasteiger partial charge < -0.3 is 28.6 Å². The number of ether oxygens (including phenoxy) is 3. The minimum Gasteiger partial charge on any atom is -0.490 e. The number of rotatable bonds is 15. The highest BCUT2D eigenvalue weighted by Crippen LogP contribution is 2.48. The highest BCUT2D eigenvalue weighted by Gasteiger charge is 2.52. The zero-order valence-electron chi connectivity index (χ0n) is 30.0. The number of carbonyl (C=O) groups excluding carboxylic acids is 2. The number of imidazole rings is 1. The van der Waals surface area contributed by atoms with Crippen molar-refractivity contribution in [3.8, 4) is 5.75 Å². The first kappa shape index (κ1) is 38.3. The number of carbonyl (C=O) groups is 2. The average molecular weight is 731 g/mol. The number of anilines is 1. The molecule has 1 aliphatic heterocycles. The Labute approximate surface area is 297 Å². The molecule has 2 aliphatic rings. The van der Waals surface area contributed by atoms with E-state index in [1.54, 1.807) is 62.6 Å². The molecule has 3 heterocycles. The third-order valence-electron chi connectivity index (χ3n) is 9.01. The average Bonchev–Trinajstić information content (AvgIpc) is 3.65. The van der Waals surface area contributed by atoms with Crippen LogP contribution in [0.5, 0.6) is 5.75 Å². The normalized spacial score (nSPS) is 22.8. The Kier molecular flexibility index (Phi) is 12.2. The Morgan fingerprint density at radius 1 is 1.08 bits per heavy atom. The lowest BCUT2D eigenvalue weighted by Gasteiger charge is -2.35. The lowest BCUT2D eigenvalue weighted by atomic mass is 9.96. The van der Waals surface area contributed by atoms with Gasteiger partial charge in [0.1, 0.15) is 23.5 Å². The summed E-state index contributed by atoms with van der Waals surface area (Å²) in [6.45, 7) is 14.3. The molecule has 0 spiro atoms. The number of hydrogen-bond acceptors (Lipinski definition) is 11. The SMILES string of the molecule is C=C(O[C@H]1C(n2cnc3c(NC(=O)C(C)C)nc(F)nc32)CO[C@]1(C)CO[P@@](=O)(N[C@@H](C)C(=O)OC1CCCCC1)Oc1ccccc1)C(C)C. The van der Waals surface area contributed by atoms with Crippen LogP contribution >= 0.6 is 7.75 Å². The van der Waals surface area contributed by atoms with E-state index in [1.165, 1.54) is 6.33 Å². The van der Waals surface area contributed by atoms with E-state index in [2.05, 4.69) is 31.9 Å². The topological polar surface area (TPSA) is 165 Å². The molecule has 1 aromatic carbocycles. The van der Waals surface area contributed by atoms with Gasteiger partial charge in [-0.2, -0.15) is 19.4 Å².